The predicted molar refractivity (Wildman–Crippen MR) is 114 cm³/mol. The number of ether oxygens (including phenoxy) is 2. The van der Waals surface area contributed by atoms with Crippen molar-refractivity contribution in [2.45, 2.75) is 26.8 Å². The van der Waals surface area contributed by atoms with E-state index < -0.39 is 0 Å². The van der Waals surface area contributed by atoms with Gasteiger partial charge in [0.25, 0.3) is 5.91 Å². The Labute approximate surface area is 174 Å². The monoisotopic (exact) mass is 414 g/mol. The molecule has 3 rings (SSSR count). The second-order valence-electron chi connectivity index (χ2n) is 6.27. The number of nitrogens with one attached hydrogen (secondary N) is 1. The van der Waals surface area contributed by atoms with Crippen LogP contribution in [-0.2, 0) is 11.3 Å². The van der Waals surface area contributed by atoms with Gasteiger partial charge < -0.3 is 14.0 Å². The molecule has 1 N–H and O–H groups in total. The number of amides is 1. The van der Waals surface area contributed by atoms with Gasteiger partial charge in [-0.2, -0.15) is 5.10 Å². The predicted octanol–water partition coefficient (Wildman–Crippen LogP) is 4.03. The standard InChI is InChI=1S/C21H23ClN4O3/c1-3-9-29-21-16(22)10-15(11-19(21)28-4-2)12-24-25-20(27)13-26-14-23-17-7-5-6-8-18(17)26/h5-8,10-12,14H,3-4,9,13H2,1-2H3,(H,25,27)/b24-12-. The lowest BCUT2D eigenvalue weighted by Gasteiger charge is -2.13. The SMILES string of the molecule is CCCOc1c(Cl)cc(/C=N\NC(=O)Cn2cnc3ccccc32)cc1OCC. The Bertz CT molecular complexity index is 1020. The normalized spacial score (nSPS) is 11.1. The number of carbonyl (C=O) groups is 1. The summed E-state index contributed by atoms with van der Waals surface area (Å²) in [5, 5.41) is 4.46. The highest BCUT2D eigenvalue weighted by Gasteiger charge is 2.12. The van der Waals surface area contributed by atoms with Crippen LogP contribution in [0.4, 0.5) is 0 Å². The van der Waals surface area contributed by atoms with Gasteiger partial charge in [-0.1, -0.05) is 30.7 Å². The molecule has 0 atom stereocenters. The molecule has 8 heteroatoms. The summed E-state index contributed by atoms with van der Waals surface area (Å²) in [4.78, 5) is 16.5. The maximum absolute atomic E-state index is 12.2. The van der Waals surface area contributed by atoms with Crippen LogP contribution >= 0.6 is 11.6 Å². The molecule has 0 unspecified atom stereocenters. The number of hydrogen-bond donors (Lipinski definition) is 1. The van der Waals surface area contributed by atoms with E-state index in [4.69, 9.17) is 21.1 Å². The summed E-state index contributed by atoms with van der Waals surface area (Å²) >= 11 is 6.33. The number of imidazole rings is 1. The Morgan fingerprint density at radius 3 is 2.90 bits per heavy atom. The average Bonchev–Trinajstić information content (AvgIpc) is 3.10. The van der Waals surface area contributed by atoms with Crippen molar-refractivity contribution in [1.29, 1.82) is 0 Å². The third kappa shape index (κ3) is 5.26. The number of hydrazone groups is 1. The van der Waals surface area contributed by atoms with Crippen LogP contribution in [0.1, 0.15) is 25.8 Å². The maximum atomic E-state index is 12.2. The zero-order chi connectivity index (χ0) is 20.6. The number of benzene rings is 2. The number of rotatable bonds is 9. The first-order valence-electron chi connectivity index (χ1n) is 9.43. The number of para-hydroxylation sites is 2. The van der Waals surface area contributed by atoms with Crippen LogP contribution in [0.2, 0.25) is 5.02 Å². The first-order chi connectivity index (χ1) is 14.1. The molecule has 0 aliphatic heterocycles. The Hall–Kier alpha value is -3.06. The van der Waals surface area contributed by atoms with Crippen molar-refractivity contribution in [3.8, 4) is 11.5 Å². The van der Waals surface area contributed by atoms with Crippen LogP contribution < -0.4 is 14.9 Å². The van der Waals surface area contributed by atoms with Crippen LogP contribution in [0.25, 0.3) is 11.0 Å². The minimum Gasteiger partial charge on any atom is -0.490 e. The number of fused-ring (bicyclic) bond motifs is 1. The molecule has 0 saturated carbocycles. The Morgan fingerprint density at radius 1 is 1.28 bits per heavy atom. The second-order valence-corrected chi connectivity index (χ2v) is 6.67. The van der Waals surface area contributed by atoms with Crippen LogP contribution in [0.5, 0.6) is 11.5 Å². The topological polar surface area (TPSA) is 77.7 Å². The molecule has 0 saturated heterocycles. The number of carbonyl (C=O) groups excluding carboxylic acids is 1. The second kappa shape index (κ2) is 9.93. The van der Waals surface area contributed by atoms with Gasteiger partial charge in [0, 0.05) is 0 Å². The molecule has 0 aliphatic rings. The third-order valence-electron chi connectivity index (χ3n) is 4.03. The van der Waals surface area contributed by atoms with Gasteiger partial charge in [0.2, 0.25) is 0 Å². The van der Waals surface area contributed by atoms with E-state index in [1.165, 1.54) is 6.21 Å². The molecule has 0 bridgehead atoms. The Morgan fingerprint density at radius 2 is 2.10 bits per heavy atom. The summed E-state index contributed by atoms with van der Waals surface area (Å²) in [7, 11) is 0. The fourth-order valence-corrected chi connectivity index (χ4v) is 3.05. The molecule has 1 amide bonds. The van der Waals surface area contributed by atoms with Crippen molar-refractivity contribution in [1.82, 2.24) is 15.0 Å². The lowest BCUT2D eigenvalue weighted by atomic mass is 10.2. The summed E-state index contributed by atoms with van der Waals surface area (Å²) in [6.07, 6.45) is 4.02. The van der Waals surface area contributed by atoms with Crippen molar-refractivity contribution in [3.63, 3.8) is 0 Å². The highest BCUT2D eigenvalue weighted by Crippen LogP contribution is 2.36. The molecule has 2 aromatic carbocycles. The molecule has 0 fully saturated rings. The van der Waals surface area contributed by atoms with Crippen molar-refractivity contribution >= 4 is 34.8 Å². The fraction of sp³-hybridized carbons (Fsp3) is 0.286. The average molecular weight is 415 g/mol. The summed E-state index contributed by atoms with van der Waals surface area (Å²) in [6.45, 7) is 5.05. The van der Waals surface area contributed by atoms with Gasteiger partial charge in [-0.3, -0.25) is 4.79 Å². The minimum absolute atomic E-state index is 0.118. The maximum Gasteiger partial charge on any atom is 0.260 e. The number of aromatic nitrogens is 2. The molecule has 152 valence electrons. The Balaban J connectivity index is 1.66. The molecular weight excluding hydrogens is 392 g/mol. The zero-order valence-electron chi connectivity index (χ0n) is 16.4. The highest BCUT2D eigenvalue weighted by molar-refractivity contribution is 6.32. The largest absolute Gasteiger partial charge is 0.490 e. The number of nitrogens with zero attached hydrogens (tertiary/aromatic N) is 3. The molecule has 3 aromatic rings. The molecule has 7 nitrogen and oxygen atoms in total. The van der Waals surface area contributed by atoms with Gasteiger partial charge in [0.05, 0.1) is 41.8 Å². The first-order valence-corrected chi connectivity index (χ1v) is 9.81. The zero-order valence-corrected chi connectivity index (χ0v) is 17.1. The molecule has 29 heavy (non-hydrogen) atoms. The number of hydrogen-bond acceptors (Lipinski definition) is 5. The molecule has 0 spiro atoms. The minimum atomic E-state index is -0.261. The van der Waals surface area contributed by atoms with Crippen LogP contribution in [0, 0.1) is 0 Å². The van der Waals surface area contributed by atoms with E-state index in [1.807, 2.05) is 38.1 Å². The summed E-state index contributed by atoms with van der Waals surface area (Å²) in [5.41, 5.74) is 4.94. The van der Waals surface area contributed by atoms with Gasteiger partial charge in [0.15, 0.2) is 11.5 Å². The Kier molecular flexibility index (Phi) is 7.08. The summed E-state index contributed by atoms with van der Waals surface area (Å²) < 4.78 is 13.1. The van der Waals surface area contributed by atoms with E-state index in [1.54, 1.807) is 23.0 Å². The lowest BCUT2D eigenvalue weighted by Crippen LogP contribution is -2.22. The van der Waals surface area contributed by atoms with Crippen molar-refractivity contribution < 1.29 is 14.3 Å². The van der Waals surface area contributed by atoms with Crippen LogP contribution in [0.3, 0.4) is 0 Å². The van der Waals surface area contributed by atoms with E-state index in [-0.39, 0.29) is 12.5 Å². The van der Waals surface area contributed by atoms with Gasteiger partial charge in [-0.15, -0.1) is 0 Å². The van der Waals surface area contributed by atoms with E-state index in [0.29, 0.717) is 35.3 Å². The van der Waals surface area contributed by atoms with Gasteiger partial charge in [-0.25, -0.2) is 10.4 Å². The third-order valence-corrected chi connectivity index (χ3v) is 4.31. The summed E-state index contributed by atoms with van der Waals surface area (Å²) in [6, 6.07) is 11.1. The summed E-state index contributed by atoms with van der Waals surface area (Å²) in [5.74, 6) is 0.804. The molecular formula is C21H23ClN4O3. The molecule has 1 aromatic heterocycles. The molecule has 1 heterocycles. The van der Waals surface area contributed by atoms with Crippen LogP contribution in [-0.4, -0.2) is 34.9 Å². The van der Waals surface area contributed by atoms with E-state index >= 15 is 0 Å². The van der Waals surface area contributed by atoms with Crippen molar-refractivity contribution in [2.24, 2.45) is 5.10 Å². The van der Waals surface area contributed by atoms with E-state index in [0.717, 1.165) is 17.5 Å². The van der Waals surface area contributed by atoms with Crippen molar-refractivity contribution in [3.05, 3.63) is 53.3 Å². The van der Waals surface area contributed by atoms with E-state index in [2.05, 4.69) is 15.5 Å². The van der Waals surface area contributed by atoms with Crippen molar-refractivity contribution in [2.75, 3.05) is 13.2 Å². The van der Waals surface area contributed by atoms with Gasteiger partial charge in [0.1, 0.15) is 6.54 Å². The lowest BCUT2D eigenvalue weighted by molar-refractivity contribution is -0.121. The highest BCUT2D eigenvalue weighted by atomic mass is 35.5. The van der Waals surface area contributed by atoms with Gasteiger partial charge in [-0.05, 0) is 43.2 Å². The molecule has 0 aliphatic carbocycles. The molecule has 0 radical (unpaired) electrons. The van der Waals surface area contributed by atoms with Crippen LogP contribution in [0.15, 0.2) is 47.8 Å². The first kappa shape index (κ1) is 20.7. The van der Waals surface area contributed by atoms with E-state index in [9.17, 15) is 4.79 Å². The fourth-order valence-electron chi connectivity index (χ4n) is 2.77. The van der Waals surface area contributed by atoms with Gasteiger partial charge >= 0.3 is 0 Å². The number of halogens is 1. The quantitative estimate of drug-likeness (QED) is 0.423. The smallest absolute Gasteiger partial charge is 0.260 e.